The molecule has 3 N–H and O–H groups in total. The maximum absolute atomic E-state index is 12.7. The van der Waals surface area contributed by atoms with Crippen molar-refractivity contribution in [3.05, 3.63) is 66.0 Å². The summed E-state index contributed by atoms with van der Waals surface area (Å²) in [6, 6.07) is 13.8. The number of aromatic nitrogens is 4. The fourth-order valence-corrected chi connectivity index (χ4v) is 2.93. The second kappa shape index (κ2) is 8.40. The molecular formula is C21H21F3N6. The molecule has 0 spiro atoms. The van der Waals surface area contributed by atoms with E-state index in [1.54, 1.807) is 6.07 Å². The van der Waals surface area contributed by atoms with E-state index in [0.717, 1.165) is 29.0 Å². The third-order valence-corrected chi connectivity index (χ3v) is 4.16. The Morgan fingerprint density at radius 3 is 2.27 bits per heavy atom. The minimum atomic E-state index is -4.39. The van der Waals surface area contributed by atoms with Crippen molar-refractivity contribution in [1.29, 1.82) is 0 Å². The van der Waals surface area contributed by atoms with Crippen molar-refractivity contribution in [2.24, 2.45) is 0 Å². The number of para-hydroxylation sites is 2. The summed E-state index contributed by atoms with van der Waals surface area (Å²) in [5.41, 5.74) is 7.28. The highest BCUT2D eigenvalue weighted by molar-refractivity contribution is 5.78. The Morgan fingerprint density at radius 1 is 0.933 bits per heavy atom. The first-order valence-electron chi connectivity index (χ1n) is 9.34. The molecule has 2 heterocycles. The van der Waals surface area contributed by atoms with E-state index < -0.39 is 11.7 Å². The molecule has 9 heteroatoms. The van der Waals surface area contributed by atoms with Crippen molar-refractivity contribution in [3.63, 3.8) is 0 Å². The maximum Gasteiger partial charge on any atom is 0.416 e. The first-order chi connectivity index (χ1) is 14.3. The first-order valence-corrected chi connectivity index (χ1v) is 9.34. The molecule has 0 bridgehead atoms. The normalized spacial score (nSPS) is 11.1. The number of nitrogens with two attached hydrogens (primary N) is 1. The Morgan fingerprint density at radius 2 is 1.60 bits per heavy atom. The van der Waals surface area contributed by atoms with Gasteiger partial charge in [0.2, 0.25) is 5.95 Å². The third kappa shape index (κ3) is 4.35. The molecule has 2 aromatic carbocycles. The summed E-state index contributed by atoms with van der Waals surface area (Å²) >= 11 is 0. The topological polar surface area (TPSA) is 81.7 Å². The number of alkyl halides is 3. The van der Waals surface area contributed by atoms with Crippen LogP contribution in [0, 0.1) is 6.92 Å². The second-order valence-corrected chi connectivity index (χ2v) is 6.16. The molecular weight excluding hydrogens is 393 g/mol. The van der Waals surface area contributed by atoms with E-state index in [9.17, 15) is 13.2 Å². The van der Waals surface area contributed by atoms with Crippen LogP contribution in [0.5, 0.6) is 0 Å². The Kier molecular flexibility index (Phi) is 5.91. The average Bonchev–Trinajstić information content (AvgIpc) is 3.04. The molecule has 6 nitrogen and oxygen atoms in total. The summed E-state index contributed by atoms with van der Waals surface area (Å²) < 4.78 is 40.0. The first kappa shape index (κ1) is 21.1. The van der Waals surface area contributed by atoms with Crippen LogP contribution in [0.4, 0.5) is 30.6 Å². The third-order valence-electron chi connectivity index (χ3n) is 4.16. The zero-order valence-electron chi connectivity index (χ0n) is 16.7. The number of anilines is 3. The molecule has 30 heavy (non-hydrogen) atoms. The number of aryl methyl sites for hydroxylation is 1. The summed E-state index contributed by atoms with van der Waals surface area (Å²) in [4.78, 5) is 13.1. The summed E-state index contributed by atoms with van der Waals surface area (Å²) in [5.74, 6) is 1.62. The van der Waals surface area contributed by atoms with E-state index >= 15 is 0 Å². The summed E-state index contributed by atoms with van der Waals surface area (Å²) in [6.07, 6.45) is -4.39. The van der Waals surface area contributed by atoms with E-state index in [2.05, 4.69) is 20.3 Å². The Hall–Kier alpha value is -3.62. The number of hydrogen-bond acceptors (Lipinski definition) is 5. The van der Waals surface area contributed by atoms with Gasteiger partial charge in [-0.1, -0.05) is 26.0 Å². The van der Waals surface area contributed by atoms with E-state index in [1.165, 1.54) is 12.1 Å². The smallest absolute Gasteiger partial charge is 0.383 e. The number of halogens is 3. The van der Waals surface area contributed by atoms with Gasteiger partial charge in [-0.15, -0.1) is 0 Å². The van der Waals surface area contributed by atoms with Crippen LogP contribution in [-0.4, -0.2) is 19.5 Å². The van der Waals surface area contributed by atoms with Gasteiger partial charge in [-0.2, -0.15) is 23.1 Å². The number of fused-ring (bicyclic) bond motifs is 1. The summed E-state index contributed by atoms with van der Waals surface area (Å²) in [7, 11) is 0. The molecule has 0 unspecified atom stereocenters. The van der Waals surface area contributed by atoms with Gasteiger partial charge >= 0.3 is 6.18 Å². The molecule has 0 aliphatic rings. The lowest BCUT2D eigenvalue weighted by Gasteiger charge is -2.11. The monoisotopic (exact) mass is 414 g/mol. The van der Waals surface area contributed by atoms with E-state index in [0.29, 0.717) is 11.5 Å². The minimum Gasteiger partial charge on any atom is -0.383 e. The number of nitrogens with one attached hydrogen (secondary N) is 1. The van der Waals surface area contributed by atoms with E-state index in [4.69, 9.17) is 5.73 Å². The van der Waals surface area contributed by atoms with E-state index in [1.807, 2.05) is 49.6 Å². The fraction of sp³-hybridized carbons (Fsp3) is 0.190. The van der Waals surface area contributed by atoms with Crippen LogP contribution in [0.2, 0.25) is 0 Å². The number of benzene rings is 2. The van der Waals surface area contributed by atoms with Crippen LogP contribution in [0.15, 0.2) is 54.6 Å². The lowest BCUT2D eigenvalue weighted by atomic mass is 10.2. The fourth-order valence-electron chi connectivity index (χ4n) is 2.93. The van der Waals surface area contributed by atoms with Crippen LogP contribution >= 0.6 is 0 Å². The van der Waals surface area contributed by atoms with Gasteiger partial charge in [0, 0.05) is 11.8 Å². The van der Waals surface area contributed by atoms with Crippen LogP contribution in [0.1, 0.15) is 25.2 Å². The quantitative estimate of drug-likeness (QED) is 0.463. The number of imidazole rings is 1. The SMILES string of the molecule is CC.Cc1nc2ccccc2n1-c1cc(N)nc(Nc2ccc(C(F)(F)F)cc2)n1. The molecule has 0 saturated heterocycles. The zero-order chi connectivity index (χ0) is 21.9. The van der Waals surface area contributed by atoms with Gasteiger partial charge < -0.3 is 11.1 Å². The molecule has 0 saturated carbocycles. The highest BCUT2D eigenvalue weighted by atomic mass is 19.4. The molecule has 0 atom stereocenters. The van der Waals surface area contributed by atoms with Crippen LogP contribution in [-0.2, 0) is 6.18 Å². The number of rotatable bonds is 3. The molecule has 0 aliphatic carbocycles. The average molecular weight is 414 g/mol. The van der Waals surface area contributed by atoms with Gasteiger partial charge in [-0.25, -0.2) is 4.98 Å². The van der Waals surface area contributed by atoms with Crippen molar-refractivity contribution >= 4 is 28.5 Å². The largest absolute Gasteiger partial charge is 0.416 e. The van der Waals surface area contributed by atoms with Gasteiger partial charge in [0.25, 0.3) is 0 Å². The Bertz CT molecular complexity index is 1150. The molecule has 0 amide bonds. The van der Waals surface area contributed by atoms with Crippen molar-refractivity contribution in [2.75, 3.05) is 11.1 Å². The molecule has 0 fully saturated rings. The molecule has 4 rings (SSSR count). The lowest BCUT2D eigenvalue weighted by molar-refractivity contribution is -0.137. The van der Waals surface area contributed by atoms with E-state index in [-0.39, 0.29) is 11.8 Å². The van der Waals surface area contributed by atoms with Crippen molar-refractivity contribution in [1.82, 2.24) is 19.5 Å². The highest BCUT2D eigenvalue weighted by Gasteiger charge is 2.29. The maximum atomic E-state index is 12.7. The molecule has 4 aromatic rings. The zero-order valence-corrected chi connectivity index (χ0v) is 16.7. The van der Waals surface area contributed by atoms with Gasteiger partial charge in [0.1, 0.15) is 17.5 Å². The second-order valence-electron chi connectivity index (χ2n) is 6.16. The Labute approximate surface area is 171 Å². The predicted octanol–water partition coefficient (Wildman–Crippen LogP) is 5.49. The van der Waals surface area contributed by atoms with Gasteiger partial charge in [-0.05, 0) is 43.3 Å². The number of nitrogen functional groups attached to an aromatic ring is 1. The molecule has 0 aliphatic heterocycles. The predicted molar refractivity (Wildman–Crippen MR) is 112 cm³/mol. The van der Waals surface area contributed by atoms with Crippen molar-refractivity contribution in [2.45, 2.75) is 26.9 Å². The van der Waals surface area contributed by atoms with Gasteiger partial charge in [-0.3, -0.25) is 4.57 Å². The van der Waals surface area contributed by atoms with Gasteiger partial charge in [0.15, 0.2) is 0 Å². The number of hydrogen-bond donors (Lipinski definition) is 2. The molecule has 0 radical (unpaired) electrons. The summed E-state index contributed by atoms with van der Waals surface area (Å²) in [6.45, 7) is 5.85. The highest BCUT2D eigenvalue weighted by Crippen LogP contribution is 2.30. The standard InChI is InChI=1S/C19H15F3N6.C2H6/c1-11-24-14-4-2-3-5-15(14)28(11)17-10-16(23)26-18(27-17)25-13-8-6-12(7-9-13)19(20,21)22;1-2/h2-10H,1H3,(H3,23,25,26,27);1-2H3. The van der Waals surface area contributed by atoms with Crippen LogP contribution in [0.3, 0.4) is 0 Å². The lowest BCUT2D eigenvalue weighted by Crippen LogP contribution is -2.07. The van der Waals surface area contributed by atoms with Crippen LogP contribution in [0.25, 0.3) is 16.9 Å². The number of nitrogens with zero attached hydrogens (tertiary/aromatic N) is 4. The molecule has 2 aromatic heterocycles. The van der Waals surface area contributed by atoms with Gasteiger partial charge in [0.05, 0.1) is 16.6 Å². The van der Waals surface area contributed by atoms with Crippen LogP contribution < -0.4 is 11.1 Å². The van der Waals surface area contributed by atoms with Crippen molar-refractivity contribution < 1.29 is 13.2 Å². The van der Waals surface area contributed by atoms with Crippen molar-refractivity contribution in [3.8, 4) is 5.82 Å². The molecule has 156 valence electrons. The summed E-state index contributed by atoms with van der Waals surface area (Å²) in [5, 5.41) is 2.89. The minimum absolute atomic E-state index is 0.173. The Balaban J connectivity index is 0.00000124.